The standard InChI is InChI=1S/C32H48N2O6/c1-30-12-7-24(40-29(37)34-16-10-23(11-17-34)33-15-18-35)19-22(30)4-5-27-26(30)8-13-31(2)25(9-14-32(27,31)38)21-3-6-28(36)39-20-21/h3,6,20,22-27,33,35,38H,4-5,7-19H2,1-2H3/t22-,24+,25-,26+,27-,30+,31-,32+/m1/s1. The maximum absolute atomic E-state index is 13.0. The second-order valence-corrected chi connectivity index (χ2v) is 14.1. The Kier molecular flexibility index (Phi) is 7.58. The van der Waals surface area contributed by atoms with E-state index in [0.717, 1.165) is 76.2 Å². The van der Waals surface area contributed by atoms with Crippen LogP contribution < -0.4 is 10.9 Å². The SMILES string of the molecule is C[C@]12CC[C@H](OC(=O)N3CCC(NCCO)CC3)C[C@H]1CC[C@@H]1[C@@H]2CC[C@]2(C)[C@@H](c3ccc(=O)oc3)CC[C@]12O. The van der Waals surface area contributed by atoms with Gasteiger partial charge in [0.15, 0.2) is 0 Å². The van der Waals surface area contributed by atoms with E-state index < -0.39 is 5.60 Å². The smallest absolute Gasteiger partial charge is 0.410 e. The number of hydrogen-bond acceptors (Lipinski definition) is 7. The molecule has 1 aromatic heterocycles. The van der Waals surface area contributed by atoms with Crippen LogP contribution in [0, 0.1) is 28.6 Å². The molecule has 8 nitrogen and oxygen atoms in total. The van der Waals surface area contributed by atoms with E-state index in [1.54, 1.807) is 6.26 Å². The van der Waals surface area contributed by atoms with Crippen molar-refractivity contribution in [2.45, 2.75) is 108 Å². The molecule has 2 heterocycles. The van der Waals surface area contributed by atoms with Gasteiger partial charge >= 0.3 is 11.7 Å². The van der Waals surface area contributed by atoms with Gasteiger partial charge in [-0.05, 0) is 111 Å². The molecule has 0 radical (unpaired) electrons. The van der Waals surface area contributed by atoms with Crippen molar-refractivity contribution in [3.05, 3.63) is 34.4 Å². The van der Waals surface area contributed by atoms with Crippen molar-refractivity contribution < 1.29 is 24.2 Å². The number of fused-ring (bicyclic) bond motifs is 5. The van der Waals surface area contributed by atoms with E-state index in [9.17, 15) is 14.7 Å². The third-order valence-electron chi connectivity index (χ3n) is 12.5. The summed E-state index contributed by atoms with van der Waals surface area (Å²) >= 11 is 0. The van der Waals surface area contributed by atoms with Gasteiger partial charge in [0.05, 0.1) is 18.5 Å². The summed E-state index contributed by atoms with van der Waals surface area (Å²) in [5.41, 5.74) is -0.0343. The molecular formula is C32H48N2O6. The highest BCUT2D eigenvalue weighted by Gasteiger charge is 2.67. The van der Waals surface area contributed by atoms with Crippen LogP contribution in [0.3, 0.4) is 0 Å². The number of likely N-dealkylation sites (tertiary alicyclic amines) is 1. The van der Waals surface area contributed by atoms with Gasteiger partial charge in [0.1, 0.15) is 6.10 Å². The lowest BCUT2D eigenvalue weighted by Crippen LogP contribution is -2.62. The Balaban J connectivity index is 1.09. The highest BCUT2D eigenvalue weighted by atomic mass is 16.6. The van der Waals surface area contributed by atoms with Gasteiger partial charge in [-0.2, -0.15) is 0 Å². The van der Waals surface area contributed by atoms with Crippen molar-refractivity contribution in [1.29, 1.82) is 0 Å². The Morgan fingerprint density at radius 1 is 1.05 bits per heavy atom. The van der Waals surface area contributed by atoms with E-state index in [4.69, 9.17) is 14.3 Å². The summed E-state index contributed by atoms with van der Waals surface area (Å²) in [6.45, 7) is 6.88. The molecule has 1 aliphatic heterocycles. The van der Waals surface area contributed by atoms with Gasteiger partial charge in [-0.25, -0.2) is 9.59 Å². The first-order valence-electron chi connectivity index (χ1n) is 15.8. The number of piperidine rings is 1. The zero-order valence-corrected chi connectivity index (χ0v) is 24.3. The fourth-order valence-electron chi connectivity index (χ4n) is 10.1. The van der Waals surface area contributed by atoms with Gasteiger partial charge in [-0.1, -0.05) is 13.8 Å². The Morgan fingerprint density at radius 2 is 1.85 bits per heavy atom. The number of nitrogens with zero attached hydrogens (tertiary/aromatic N) is 1. The first-order chi connectivity index (χ1) is 19.2. The first-order valence-corrected chi connectivity index (χ1v) is 15.8. The molecule has 0 aromatic carbocycles. The van der Waals surface area contributed by atoms with Crippen LogP contribution in [0.4, 0.5) is 4.79 Å². The number of aliphatic hydroxyl groups excluding tert-OH is 1. The molecule has 0 spiro atoms. The Labute approximate surface area is 237 Å². The molecule has 1 aromatic rings. The zero-order valence-electron chi connectivity index (χ0n) is 24.3. The van der Waals surface area contributed by atoms with Crippen molar-refractivity contribution in [3.63, 3.8) is 0 Å². The van der Waals surface area contributed by atoms with Crippen LogP contribution in [0.1, 0.15) is 96.0 Å². The molecule has 4 saturated carbocycles. The summed E-state index contributed by atoms with van der Waals surface area (Å²) < 4.78 is 11.3. The van der Waals surface area contributed by atoms with E-state index in [1.165, 1.54) is 6.07 Å². The van der Waals surface area contributed by atoms with E-state index in [2.05, 4.69) is 19.2 Å². The quantitative estimate of drug-likeness (QED) is 0.492. The number of rotatable bonds is 5. The van der Waals surface area contributed by atoms with Crippen LogP contribution in [0.15, 0.2) is 27.6 Å². The fraction of sp³-hybridized carbons (Fsp3) is 0.812. The van der Waals surface area contributed by atoms with Crippen LogP contribution in [0.25, 0.3) is 0 Å². The van der Waals surface area contributed by atoms with Crippen LogP contribution in [-0.4, -0.2) is 65.2 Å². The summed E-state index contributed by atoms with van der Waals surface area (Å²) in [6, 6.07) is 3.77. The average Bonchev–Trinajstić information content (AvgIpc) is 3.24. The van der Waals surface area contributed by atoms with E-state index in [1.807, 2.05) is 11.0 Å². The third-order valence-corrected chi connectivity index (χ3v) is 12.5. The number of ether oxygens (including phenoxy) is 1. The lowest BCUT2D eigenvalue weighted by atomic mass is 9.43. The van der Waals surface area contributed by atoms with E-state index in [0.29, 0.717) is 37.5 Å². The minimum absolute atomic E-state index is 0.0205. The highest BCUT2D eigenvalue weighted by Crippen LogP contribution is 2.70. The maximum atomic E-state index is 13.0. The number of hydrogen-bond donors (Lipinski definition) is 3. The van der Waals surface area contributed by atoms with Crippen molar-refractivity contribution in [2.24, 2.45) is 28.6 Å². The second kappa shape index (κ2) is 10.7. The molecule has 8 atom stereocenters. The summed E-state index contributed by atoms with van der Waals surface area (Å²) in [6.07, 6.45) is 12.0. The zero-order chi connectivity index (χ0) is 28.1. The predicted octanol–water partition coefficient (Wildman–Crippen LogP) is 4.43. The molecule has 1 amide bonds. The minimum Gasteiger partial charge on any atom is -0.446 e. The number of carbonyl (C=O) groups is 1. The minimum atomic E-state index is -0.702. The molecular weight excluding hydrogens is 508 g/mol. The topological polar surface area (TPSA) is 112 Å². The summed E-state index contributed by atoms with van der Waals surface area (Å²) in [5.74, 6) is 1.49. The van der Waals surface area contributed by atoms with Crippen molar-refractivity contribution >= 4 is 6.09 Å². The molecule has 6 rings (SSSR count). The van der Waals surface area contributed by atoms with Crippen LogP contribution in [0.5, 0.6) is 0 Å². The van der Waals surface area contributed by atoms with Gasteiger partial charge in [0, 0.05) is 37.2 Å². The molecule has 0 bridgehead atoms. The normalized spacial score (nSPS) is 41.6. The van der Waals surface area contributed by atoms with Crippen LogP contribution in [-0.2, 0) is 4.74 Å². The molecule has 5 aliphatic rings. The summed E-state index contributed by atoms with van der Waals surface area (Å²) in [5, 5.41) is 24.8. The van der Waals surface area contributed by atoms with E-state index >= 15 is 0 Å². The van der Waals surface area contributed by atoms with Crippen LogP contribution in [0.2, 0.25) is 0 Å². The molecule has 222 valence electrons. The lowest BCUT2D eigenvalue weighted by Gasteiger charge is -2.63. The average molecular weight is 557 g/mol. The van der Waals surface area contributed by atoms with Crippen molar-refractivity contribution in [2.75, 3.05) is 26.2 Å². The predicted molar refractivity (Wildman–Crippen MR) is 151 cm³/mol. The molecule has 5 fully saturated rings. The molecule has 1 saturated heterocycles. The molecule has 8 heteroatoms. The van der Waals surface area contributed by atoms with Gasteiger partial charge in [-0.3, -0.25) is 0 Å². The van der Waals surface area contributed by atoms with E-state index in [-0.39, 0.29) is 47.1 Å². The number of aliphatic hydroxyl groups is 2. The lowest BCUT2D eigenvalue weighted by molar-refractivity contribution is -0.205. The van der Waals surface area contributed by atoms with Crippen molar-refractivity contribution in [1.82, 2.24) is 10.2 Å². The summed E-state index contributed by atoms with van der Waals surface area (Å²) in [4.78, 5) is 26.4. The summed E-state index contributed by atoms with van der Waals surface area (Å²) in [7, 11) is 0. The van der Waals surface area contributed by atoms with Crippen LogP contribution >= 0.6 is 0 Å². The van der Waals surface area contributed by atoms with Gasteiger partial charge in [-0.15, -0.1) is 0 Å². The first kappa shape index (κ1) is 28.2. The number of carbonyl (C=O) groups excluding carboxylic acids is 1. The fourth-order valence-corrected chi connectivity index (χ4v) is 10.1. The molecule has 4 aliphatic carbocycles. The number of nitrogens with one attached hydrogen (secondary N) is 1. The van der Waals surface area contributed by atoms with Gasteiger partial charge < -0.3 is 29.6 Å². The van der Waals surface area contributed by atoms with Gasteiger partial charge in [0.2, 0.25) is 0 Å². The highest BCUT2D eigenvalue weighted by molar-refractivity contribution is 5.68. The maximum Gasteiger partial charge on any atom is 0.410 e. The molecule has 0 unspecified atom stereocenters. The number of amides is 1. The molecule has 3 N–H and O–H groups in total. The Bertz CT molecular complexity index is 1110. The second-order valence-electron chi connectivity index (χ2n) is 14.1. The molecule has 40 heavy (non-hydrogen) atoms. The Hall–Kier alpha value is -1.90. The Morgan fingerprint density at radius 3 is 2.58 bits per heavy atom. The monoisotopic (exact) mass is 556 g/mol. The largest absolute Gasteiger partial charge is 0.446 e. The van der Waals surface area contributed by atoms with Crippen molar-refractivity contribution in [3.8, 4) is 0 Å². The third kappa shape index (κ3) is 4.62. The van der Waals surface area contributed by atoms with Gasteiger partial charge in [0.25, 0.3) is 0 Å².